The molecule has 0 aromatic carbocycles. The molecule has 2 rings (SSSR count). The molecule has 6 nitrogen and oxygen atoms in total. The molecule has 1 N–H and O–H groups in total. The van der Waals surface area contributed by atoms with Gasteiger partial charge in [-0.05, 0) is 19.8 Å². The van der Waals surface area contributed by atoms with Gasteiger partial charge in [-0.25, -0.2) is 0 Å². The van der Waals surface area contributed by atoms with Crippen LogP contribution < -0.4 is 10.2 Å². The van der Waals surface area contributed by atoms with Crippen LogP contribution in [0, 0.1) is 0 Å². The maximum Gasteiger partial charge on any atom is 0.318 e. The molecular weight excluding hydrogens is 220 g/mol. The third-order valence-corrected chi connectivity index (χ3v) is 2.95. The molecule has 0 bridgehead atoms. The summed E-state index contributed by atoms with van der Waals surface area (Å²) in [6, 6.07) is 1.40. The summed E-state index contributed by atoms with van der Waals surface area (Å²) in [5, 5.41) is 11.4. The number of nitrogens with zero attached hydrogens (tertiary/aromatic N) is 3. The highest BCUT2D eigenvalue weighted by atomic mass is 16.5. The molecule has 1 atom stereocenters. The van der Waals surface area contributed by atoms with Crippen molar-refractivity contribution in [2.75, 3.05) is 25.7 Å². The number of aromatic nitrogens is 2. The van der Waals surface area contributed by atoms with Crippen molar-refractivity contribution in [3.8, 4) is 0 Å². The Hall–Kier alpha value is -1.14. The highest BCUT2D eigenvalue weighted by Crippen LogP contribution is 2.19. The quantitative estimate of drug-likeness (QED) is 0.760. The van der Waals surface area contributed by atoms with Gasteiger partial charge in [0.15, 0.2) is 0 Å². The van der Waals surface area contributed by atoms with Crippen LogP contribution in [0.15, 0.2) is 4.42 Å². The lowest BCUT2D eigenvalue weighted by molar-refractivity contribution is 0.181. The van der Waals surface area contributed by atoms with Gasteiger partial charge in [0, 0.05) is 20.2 Å². The Morgan fingerprint density at radius 2 is 2.29 bits per heavy atom. The van der Waals surface area contributed by atoms with Crippen molar-refractivity contribution in [1.29, 1.82) is 0 Å². The number of nitrogens with one attached hydrogen (secondary N) is 1. The first-order chi connectivity index (χ1) is 8.20. The molecule has 6 heteroatoms. The van der Waals surface area contributed by atoms with Gasteiger partial charge < -0.3 is 19.4 Å². The maximum absolute atomic E-state index is 5.58. The van der Waals surface area contributed by atoms with Gasteiger partial charge in [0.25, 0.3) is 0 Å². The average molecular weight is 240 g/mol. The molecule has 1 aliphatic rings. The largest absolute Gasteiger partial charge is 0.407 e. The van der Waals surface area contributed by atoms with Crippen LogP contribution in [0.3, 0.4) is 0 Å². The summed E-state index contributed by atoms with van der Waals surface area (Å²) in [5.74, 6) is 0.642. The standard InChI is InChI=1S/C11H20N4O2/c1-8(7-16-3)15(2)11-14-13-10(17-11)6-12-9-4-5-9/h8-9,12H,4-7H2,1-3H3. The van der Waals surface area contributed by atoms with E-state index in [2.05, 4.69) is 22.4 Å². The summed E-state index contributed by atoms with van der Waals surface area (Å²) in [5.41, 5.74) is 0. The molecule has 1 aromatic heterocycles. The van der Waals surface area contributed by atoms with Crippen LogP contribution in [0.2, 0.25) is 0 Å². The van der Waals surface area contributed by atoms with Gasteiger partial charge in [0.2, 0.25) is 5.89 Å². The zero-order valence-corrected chi connectivity index (χ0v) is 10.6. The molecule has 0 spiro atoms. The normalized spacial score (nSPS) is 17.1. The van der Waals surface area contributed by atoms with Crippen molar-refractivity contribution in [2.24, 2.45) is 0 Å². The van der Waals surface area contributed by atoms with Gasteiger partial charge in [0.1, 0.15) is 0 Å². The lowest BCUT2D eigenvalue weighted by atomic mass is 10.3. The number of rotatable bonds is 7. The van der Waals surface area contributed by atoms with Crippen molar-refractivity contribution < 1.29 is 9.15 Å². The minimum Gasteiger partial charge on any atom is -0.407 e. The first-order valence-electron chi connectivity index (χ1n) is 5.98. The summed E-state index contributed by atoms with van der Waals surface area (Å²) in [7, 11) is 3.61. The van der Waals surface area contributed by atoms with Crippen molar-refractivity contribution in [3.63, 3.8) is 0 Å². The number of ether oxygens (including phenoxy) is 1. The van der Waals surface area contributed by atoms with E-state index in [9.17, 15) is 0 Å². The maximum atomic E-state index is 5.58. The molecule has 17 heavy (non-hydrogen) atoms. The van der Waals surface area contributed by atoms with E-state index in [1.165, 1.54) is 12.8 Å². The van der Waals surface area contributed by atoms with E-state index in [1.807, 2.05) is 11.9 Å². The van der Waals surface area contributed by atoms with E-state index in [-0.39, 0.29) is 6.04 Å². The van der Waals surface area contributed by atoms with Gasteiger partial charge in [-0.15, -0.1) is 5.10 Å². The second-order valence-corrected chi connectivity index (χ2v) is 4.55. The summed E-state index contributed by atoms with van der Waals surface area (Å²) < 4.78 is 10.7. The predicted octanol–water partition coefficient (Wildman–Crippen LogP) is 0.793. The molecule has 1 unspecified atom stereocenters. The van der Waals surface area contributed by atoms with Gasteiger partial charge in [-0.1, -0.05) is 5.10 Å². The van der Waals surface area contributed by atoms with Crippen LogP contribution in [0.25, 0.3) is 0 Å². The van der Waals surface area contributed by atoms with Crippen LogP contribution in [-0.2, 0) is 11.3 Å². The highest BCUT2D eigenvalue weighted by molar-refractivity contribution is 5.23. The summed E-state index contributed by atoms with van der Waals surface area (Å²) in [6.45, 7) is 3.34. The van der Waals surface area contributed by atoms with Gasteiger partial charge in [-0.3, -0.25) is 0 Å². The Bertz CT molecular complexity index is 351. The number of hydrogen-bond acceptors (Lipinski definition) is 6. The van der Waals surface area contributed by atoms with E-state index in [0.717, 1.165) is 0 Å². The SMILES string of the molecule is COCC(C)N(C)c1nnc(CNC2CC2)o1. The molecule has 1 aromatic rings. The fraction of sp³-hybridized carbons (Fsp3) is 0.818. The molecule has 1 saturated carbocycles. The number of anilines is 1. The Labute approximate surface area is 101 Å². The Balaban J connectivity index is 1.86. The summed E-state index contributed by atoms with van der Waals surface area (Å²) >= 11 is 0. The molecule has 0 amide bonds. The van der Waals surface area contributed by atoms with E-state index in [4.69, 9.17) is 9.15 Å². The molecule has 1 heterocycles. The Morgan fingerprint density at radius 1 is 1.53 bits per heavy atom. The first kappa shape index (κ1) is 12.3. The molecule has 0 radical (unpaired) electrons. The second kappa shape index (κ2) is 5.46. The fourth-order valence-electron chi connectivity index (χ4n) is 1.52. The third kappa shape index (κ3) is 3.41. The van der Waals surface area contributed by atoms with Crippen LogP contribution in [0.5, 0.6) is 0 Å². The third-order valence-electron chi connectivity index (χ3n) is 2.95. The van der Waals surface area contributed by atoms with Crippen molar-refractivity contribution >= 4 is 6.01 Å². The van der Waals surface area contributed by atoms with Crippen LogP contribution in [-0.4, -0.2) is 43.0 Å². The zero-order valence-electron chi connectivity index (χ0n) is 10.6. The lowest BCUT2D eigenvalue weighted by Crippen LogP contribution is -2.32. The van der Waals surface area contributed by atoms with Crippen molar-refractivity contribution in [2.45, 2.75) is 38.4 Å². The number of likely N-dealkylation sites (N-methyl/N-ethyl adjacent to an activating group) is 1. The van der Waals surface area contributed by atoms with Crippen molar-refractivity contribution in [3.05, 3.63) is 5.89 Å². The summed E-state index contributed by atoms with van der Waals surface area (Å²) in [4.78, 5) is 1.93. The Kier molecular flexibility index (Phi) is 3.96. The van der Waals surface area contributed by atoms with E-state index >= 15 is 0 Å². The van der Waals surface area contributed by atoms with Gasteiger partial charge >= 0.3 is 6.01 Å². The Morgan fingerprint density at radius 3 is 2.94 bits per heavy atom. The van der Waals surface area contributed by atoms with Gasteiger partial charge in [-0.2, -0.15) is 0 Å². The highest BCUT2D eigenvalue weighted by Gasteiger charge is 2.22. The predicted molar refractivity (Wildman–Crippen MR) is 63.9 cm³/mol. The topological polar surface area (TPSA) is 63.4 Å². The molecule has 96 valence electrons. The summed E-state index contributed by atoms with van der Waals surface area (Å²) in [6.07, 6.45) is 2.51. The molecule has 0 saturated heterocycles. The molecular formula is C11H20N4O2. The molecule has 0 aliphatic heterocycles. The van der Waals surface area contributed by atoms with E-state index in [0.29, 0.717) is 31.1 Å². The zero-order chi connectivity index (χ0) is 12.3. The second-order valence-electron chi connectivity index (χ2n) is 4.55. The number of hydrogen-bond donors (Lipinski definition) is 1. The fourth-order valence-corrected chi connectivity index (χ4v) is 1.52. The van der Waals surface area contributed by atoms with E-state index < -0.39 is 0 Å². The number of methoxy groups -OCH3 is 1. The smallest absolute Gasteiger partial charge is 0.318 e. The van der Waals surface area contributed by atoms with E-state index in [1.54, 1.807) is 7.11 Å². The molecule has 1 fully saturated rings. The van der Waals surface area contributed by atoms with Crippen LogP contribution >= 0.6 is 0 Å². The average Bonchev–Trinajstić information content (AvgIpc) is 3.03. The molecule has 1 aliphatic carbocycles. The minimum atomic E-state index is 0.213. The van der Waals surface area contributed by atoms with Crippen LogP contribution in [0.4, 0.5) is 6.01 Å². The van der Waals surface area contributed by atoms with Crippen molar-refractivity contribution in [1.82, 2.24) is 15.5 Å². The first-order valence-corrected chi connectivity index (χ1v) is 5.98. The van der Waals surface area contributed by atoms with Crippen LogP contribution in [0.1, 0.15) is 25.7 Å². The monoisotopic (exact) mass is 240 g/mol. The lowest BCUT2D eigenvalue weighted by Gasteiger charge is -2.21. The van der Waals surface area contributed by atoms with Gasteiger partial charge in [0.05, 0.1) is 19.2 Å². The minimum absolute atomic E-state index is 0.213.